The molecule has 0 bridgehead atoms. The zero-order chi connectivity index (χ0) is 9.80. The van der Waals surface area contributed by atoms with E-state index in [1.54, 1.807) is 0 Å². The number of likely N-dealkylation sites (tertiary alicyclic amines) is 1. The minimum Gasteiger partial charge on any atom is -0.378 e. The highest BCUT2D eigenvalue weighted by Gasteiger charge is 2.20. The summed E-state index contributed by atoms with van der Waals surface area (Å²) >= 11 is 0. The van der Waals surface area contributed by atoms with Crippen LogP contribution in [0.25, 0.3) is 0 Å². The Labute approximate surface area is 85.2 Å². The van der Waals surface area contributed by atoms with Gasteiger partial charge in [0.25, 0.3) is 0 Å². The number of rotatable bonds is 3. The first-order chi connectivity index (χ1) is 6.86. The Morgan fingerprint density at radius 3 is 2.71 bits per heavy atom. The van der Waals surface area contributed by atoms with Gasteiger partial charge in [0.2, 0.25) is 0 Å². The van der Waals surface area contributed by atoms with Gasteiger partial charge < -0.3 is 5.11 Å². The quantitative estimate of drug-likeness (QED) is 0.785. The molecule has 1 unspecified atom stereocenters. The van der Waals surface area contributed by atoms with Crippen LogP contribution < -0.4 is 0 Å². The van der Waals surface area contributed by atoms with E-state index in [4.69, 9.17) is 0 Å². The third kappa shape index (κ3) is 2.34. The summed E-state index contributed by atoms with van der Waals surface area (Å²) in [5.74, 6) is 0. The van der Waals surface area contributed by atoms with Gasteiger partial charge in [-0.3, -0.25) is 4.90 Å². The van der Waals surface area contributed by atoms with Gasteiger partial charge in [0, 0.05) is 13.1 Å². The van der Waals surface area contributed by atoms with Crippen LogP contribution in [0.4, 0.5) is 0 Å². The van der Waals surface area contributed by atoms with Crippen molar-refractivity contribution in [2.75, 3.05) is 13.1 Å². The van der Waals surface area contributed by atoms with E-state index in [2.05, 4.69) is 29.2 Å². The van der Waals surface area contributed by atoms with Crippen molar-refractivity contribution < 1.29 is 5.11 Å². The van der Waals surface area contributed by atoms with E-state index in [1.807, 2.05) is 6.07 Å². The molecule has 0 amide bonds. The van der Waals surface area contributed by atoms with Crippen molar-refractivity contribution in [3.8, 4) is 0 Å². The molecular weight excluding hydrogens is 174 g/mol. The minimum atomic E-state index is -0.196. The molecule has 0 aromatic heterocycles. The molecule has 0 saturated carbocycles. The van der Waals surface area contributed by atoms with E-state index in [-0.39, 0.29) is 6.23 Å². The fourth-order valence-electron chi connectivity index (χ4n) is 1.99. The Balaban J connectivity index is 1.82. The molecule has 1 aliphatic heterocycles. The first-order valence-corrected chi connectivity index (χ1v) is 5.32. The van der Waals surface area contributed by atoms with Crippen LogP contribution in [0.2, 0.25) is 0 Å². The Hall–Kier alpha value is -0.860. The Kier molecular flexibility index (Phi) is 3.17. The number of benzene rings is 1. The molecule has 1 aliphatic rings. The van der Waals surface area contributed by atoms with Crippen LogP contribution in [-0.4, -0.2) is 29.3 Å². The lowest BCUT2D eigenvalue weighted by Crippen LogP contribution is -2.30. The first-order valence-electron chi connectivity index (χ1n) is 5.32. The second-order valence-electron chi connectivity index (χ2n) is 3.89. The molecule has 1 fully saturated rings. The second kappa shape index (κ2) is 4.58. The van der Waals surface area contributed by atoms with Gasteiger partial charge in [-0.15, -0.1) is 0 Å². The van der Waals surface area contributed by atoms with Gasteiger partial charge >= 0.3 is 0 Å². The third-order valence-corrected chi connectivity index (χ3v) is 2.86. The van der Waals surface area contributed by atoms with Crippen molar-refractivity contribution in [3.05, 3.63) is 35.9 Å². The lowest BCUT2D eigenvalue weighted by Gasteiger charge is -2.19. The summed E-state index contributed by atoms with van der Waals surface area (Å²) in [7, 11) is 0. The minimum absolute atomic E-state index is 0.196. The van der Waals surface area contributed by atoms with Crippen molar-refractivity contribution in [2.24, 2.45) is 0 Å². The molecule has 1 heterocycles. The molecule has 2 heteroatoms. The molecule has 0 radical (unpaired) electrons. The Morgan fingerprint density at radius 2 is 2.07 bits per heavy atom. The summed E-state index contributed by atoms with van der Waals surface area (Å²) < 4.78 is 0. The number of hydrogen-bond acceptors (Lipinski definition) is 2. The van der Waals surface area contributed by atoms with Crippen LogP contribution in [0.3, 0.4) is 0 Å². The third-order valence-electron chi connectivity index (χ3n) is 2.86. The summed E-state index contributed by atoms with van der Waals surface area (Å²) in [5, 5.41) is 9.59. The summed E-state index contributed by atoms with van der Waals surface area (Å²) in [6.45, 7) is 2.03. The second-order valence-corrected chi connectivity index (χ2v) is 3.89. The van der Waals surface area contributed by atoms with E-state index in [1.165, 1.54) is 5.56 Å². The predicted molar refractivity (Wildman–Crippen MR) is 57.0 cm³/mol. The van der Waals surface area contributed by atoms with Gasteiger partial charge in [-0.1, -0.05) is 30.3 Å². The molecule has 1 N–H and O–H groups in total. The summed E-state index contributed by atoms with van der Waals surface area (Å²) in [5.41, 5.74) is 1.35. The average molecular weight is 191 g/mol. The Bertz CT molecular complexity index is 273. The molecule has 1 aromatic rings. The molecule has 2 nitrogen and oxygen atoms in total. The van der Waals surface area contributed by atoms with Gasteiger partial charge in [-0.2, -0.15) is 0 Å². The molecular formula is C12H17NO. The highest BCUT2D eigenvalue weighted by Crippen LogP contribution is 2.14. The van der Waals surface area contributed by atoms with Crippen molar-refractivity contribution in [2.45, 2.75) is 25.5 Å². The maximum Gasteiger partial charge on any atom is 0.107 e. The lowest BCUT2D eigenvalue weighted by molar-refractivity contribution is 0.0392. The molecule has 1 atom stereocenters. The summed E-state index contributed by atoms with van der Waals surface area (Å²) in [6, 6.07) is 10.4. The maximum absolute atomic E-state index is 9.59. The van der Waals surface area contributed by atoms with Crippen LogP contribution in [0.1, 0.15) is 18.4 Å². The standard InChI is InChI=1S/C12H17NO/c14-12-7-4-9-13(12)10-8-11-5-2-1-3-6-11/h1-3,5-6,12,14H,4,7-10H2. The summed E-state index contributed by atoms with van der Waals surface area (Å²) in [4.78, 5) is 2.16. The smallest absolute Gasteiger partial charge is 0.107 e. The van der Waals surface area contributed by atoms with E-state index in [9.17, 15) is 5.11 Å². The van der Waals surface area contributed by atoms with Gasteiger partial charge in [-0.05, 0) is 24.8 Å². The average Bonchev–Trinajstić information content (AvgIpc) is 2.63. The fraction of sp³-hybridized carbons (Fsp3) is 0.500. The van der Waals surface area contributed by atoms with Gasteiger partial charge in [0.1, 0.15) is 6.23 Å². The fourth-order valence-corrected chi connectivity index (χ4v) is 1.99. The highest BCUT2D eigenvalue weighted by atomic mass is 16.3. The van der Waals surface area contributed by atoms with Crippen molar-refractivity contribution >= 4 is 0 Å². The van der Waals surface area contributed by atoms with E-state index in [0.717, 1.165) is 32.4 Å². The van der Waals surface area contributed by atoms with Gasteiger partial charge in [0.05, 0.1) is 0 Å². The molecule has 1 aromatic carbocycles. The first kappa shape index (κ1) is 9.69. The molecule has 0 aliphatic carbocycles. The van der Waals surface area contributed by atoms with Crippen LogP contribution in [-0.2, 0) is 6.42 Å². The van der Waals surface area contributed by atoms with Crippen LogP contribution in [0.5, 0.6) is 0 Å². The molecule has 1 saturated heterocycles. The lowest BCUT2D eigenvalue weighted by atomic mass is 10.1. The molecule has 14 heavy (non-hydrogen) atoms. The van der Waals surface area contributed by atoms with Gasteiger partial charge in [-0.25, -0.2) is 0 Å². The SMILES string of the molecule is OC1CCCN1CCc1ccccc1. The summed E-state index contributed by atoms with van der Waals surface area (Å²) in [6.07, 6.45) is 2.92. The van der Waals surface area contributed by atoms with Crippen molar-refractivity contribution in [1.82, 2.24) is 4.90 Å². The van der Waals surface area contributed by atoms with Gasteiger partial charge in [0.15, 0.2) is 0 Å². The van der Waals surface area contributed by atoms with E-state index >= 15 is 0 Å². The molecule has 0 spiro atoms. The maximum atomic E-state index is 9.59. The van der Waals surface area contributed by atoms with Crippen LogP contribution >= 0.6 is 0 Å². The van der Waals surface area contributed by atoms with Crippen LogP contribution in [0.15, 0.2) is 30.3 Å². The number of aliphatic hydroxyl groups is 1. The van der Waals surface area contributed by atoms with Crippen LogP contribution in [0, 0.1) is 0 Å². The largest absolute Gasteiger partial charge is 0.378 e. The van der Waals surface area contributed by atoms with Crippen molar-refractivity contribution in [1.29, 1.82) is 0 Å². The Morgan fingerprint density at radius 1 is 1.29 bits per heavy atom. The van der Waals surface area contributed by atoms with E-state index < -0.39 is 0 Å². The van der Waals surface area contributed by atoms with E-state index in [0.29, 0.717) is 0 Å². The van der Waals surface area contributed by atoms with Crippen molar-refractivity contribution in [3.63, 3.8) is 0 Å². The zero-order valence-corrected chi connectivity index (χ0v) is 8.39. The highest BCUT2D eigenvalue weighted by molar-refractivity contribution is 5.14. The molecule has 2 rings (SSSR count). The topological polar surface area (TPSA) is 23.5 Å². The zero-order valence-electron chi connectivity index (χ0n) is 8.39. The number of hydrogen-bond donors (Lipinski definition) is 1. The number of aliphatic hydroxyl groups excluding tert-OH is 1. The normalized spacial score (nSPS) is 22.8. The number of nitrogens with zero attached hydrogens (tertiary/aromatic N) is 1. The predicted octanol–water partition coefficient (Wildman–Crippen LogP) is 1.64. The monoisotopic (exact) mass is 191 g/mol. The molecule has 76 valence electrons.